The molecule has 0 bridgehead atoms. The molecule has 1 aromatic carbocycles. The van der Waals surface area contributed by atoms with Crippen LogP contribution >= 0.6 is 0 Å². The molecular weight excluding hydrogens is 266 g/mol. The van der Waals surface area contributed by atoms with Gasteiger partial charge in [-0.05, 0) is 18.6 Å². The molecule has 2 atom stereocenters. The quantitative estimate of drug-likeness (QED) is 0.904. The SMILES string of the molecule is CO[C@@H]1C[C@@H](CO)N(Cc2cnn(-c3ccccc3)c2)C1. The number of benzene rings is 1. The Hall–Kier alpha value is -1.69. The number of hydrogen-bond donors (Lipinski definition) is 1. The van der Waals surface area contributed by atoms with Gasteiger partial charge >= 0.3 is 0 Å². The third kappa shape index (κ3) is 3.15. The molecule has 1 aliphatic heterocycles. The molecule has 0 unspecified atom stereocenters. The molecule has 1 aromatic heterocycles. The van der Waals surface area contributed by atoms with Crippen molar-refractivity contribution < 1.29 is 9.84 Å². The second-order valence-electron chi connectivity index (χ2n) is 5.49. The summed E-state index contributed by atoms with van der Waals surface area (Å²) in [5.41, 5.74) is 2.20. The summed E-state index contributed by atoms with van der Waals surface area (Å²) in [6.45, 7) is 1.82. The summed E-state index contributed by atoms with van der Waals surface area (Å²) in [4.78, 5) is 2.26. The van der Waals surface area contributed by atoms with E-state index in [-0.39, 0.29) is 18.8 Å². The van der Waals surface area contributed by atoms with Crippen LogP contribution in [0.5, 0.6) is 0 Å². The highest BCUT2D eigenvalue weighted by molar-refractivity contribution is 5.30. The molecule has 112 valence electrons. The molecule has 0 amide bonds. The maximum Gasteiger partial charge on any atom is 0.0714 e. The molecule has 0 aliphatic carbocycles. The molecule has 5 heteroatoms. The fourth-order valence-electron chi connectivity index (χ4n) is 2.89. The first-order chi connectivity index (χ1) is 10.3. The average Bonchev–Trinajstić information content (AvgIpc) is 3.15. The third-order valence-electron chi connectivity index (χ3n) is 4.08. The predicted molar refractivity (Wildman–Crippen MR) is 80.3 cm³/mol. The lowest BCUT2D eigenvalue weighted by atomic mass is 10.2. The van der Waals surface area contributed by atoms with Gasteiger partial charge in [-0.1, -0.05) is 18.2 Å². The van der Waals surface area contributed by atoms with E-state index in [0.717, 1.165) is 30.8 Å². The van der Waals surface area contributed by atoms with Gasteiger partial charge in [0.25, 0.3) is 0 Å². The highest BCUT2D eigenvalue weighted by Gasteiger charge is 2.31. The molecule has 5 nitrogen and oxygen atoms in total. The summed E-state index contributed by atoms with van der Waals surface area (Å²) >= 11 is 0. The lowest BCUT2D eigenvalue weighted by Crippen LogP contribution is -2.31. The summed E-state index contributed by atoms with van der Waals surface area (Å²) in [7, 11) is 1.73. The number of para-hydroxylation sites is 1. The van der Waals surface area contributed by atoms with Crippen molar-refractivity contribution in [3.63, 3.8) is 0 Å². The lowest BCUT2D eigenvalue weighted by Gasteiger charge is -2.21. The Balaban J connectivity index is 1.70. The molecule has 1 N–H and O–H groups in total. The minimum Gasteiger partial charge on any atom is -0.395 e. The second kappa shape index (κ2) is 6.39. The molecule has 21 heavy (non-hydrogen) atoms. The van der Waals surface area contributed by atoms with Crippen molar-refractivity contribution in [3.8, 4) is 5.69 Å². The van der Waals surface area contributed by atoms with Crippen LogP contribution in [0.3, 0.4) is 0 Å². The van der Waals surface area contributed by atoms with Gasteiger partial charge < -0.3 is 9.84 Å². The molecule has 0 saturated carbocycles. The Labute approximate surface area is 124 Å². The van der Waals surface area contributed by atoms with Crippen LogP contribution < -0.4 is 0 Å². The minimum absolute atomic E-state index is 0.173. The highest BCUT2D eigenvalue weighted by Crippen LogP contribution is 2.22. The molecule has 1 saturated heterocycles. The molecule has 1 fully saturated rings. The Morgan fingerprint density at radius 1 is 1.33 bits per heavy atom. The van der Waals surface area contributed by atoms with Gasteiger partial charge in [0, 0.05) is 38.0 Å². The van der Waals surface area contributed by atoms with Gasteiger partial charge in [0.15, 0.2) is 0 Å². The third-order valence-corrected chi connectivity index (χ3v) is 4.08. The number of aliphatic hydroxyl groups excluding tert-OH is 1. The topological polar surface area (TPSA) is 50.5 Å². The van der Waals surface area contributed by atoms with E-state index >= 15 is 0 Å². The zero-order valence-electron chi connectivity index (χ0n) is 12.2. The standard InChI is InChI=1S/C16H21N3O2/c1-21-16-7-15(12-20)18(11-16)9-13-8-17-19(10-13)14-5-3-2-4-6-14/h2-6,8,10,15-16,20H,7,9,11-12H2,1H3/t15-,16+/m0/s1. The average molecular weight is 287 g/mol. The fourth-order valence-corrected chi connectivity index (χ4v) is 2.89. The van der Waals surface area contributed by atoms with E-state index in [2.05, 4.69) is 10.00 Å². The molecule has 1 aliphatic rings. The molecular formula is C16H21N3O2. The van der Waals surface area contributed by atoms with Crippen LogP contribution in [0, 0.1) is 0 Å². The molecule has 2 aromatic rings. The monoisotopic (exact) mass is 287 g/mol. The van der Waals surface area contributed by atoms with E-state index in [9.17, 15) is 5.11 Å². The number of likely N-dealkylation sites (tertiary alicyclic amines) is 1. The minimum atomic E-state index is 0.173. The maximum atomic E-state index is 9.49. The first kappa shape index (κ1) is 14.3. The van der Waals surface area contributed by atoms with Gasteiger partial charge in [-0.25, -0.2) is 4.68 Å². The van der Waals surface area contributed by atoms with Crippen molar-refractivity contribution in [2.45, 2.75) is 25.1 Å². The zero-order chi connectivity index (χ0) is 14.7. The van der Waals surface area contributed by atoms with Gasteiger partial charge in [0.05, 0.1) is 24.6 Å². The van der Waals surface area contributed by atoms with Crippen molar-refractivity contribution in [3.05, 3.63) is 48.3 Å². The second-order valence-corrected chi connectivity index (χ2v) is 5.49. The highest BCUT2D eigenvalue weighted by atomic mass is 16.5. The number of methoxy groups -OCH3 is 1. The first-order valence-corrected chi connectivity index (χ1v) is 7.27. The van der Waals surface area contributed by atoms with Crippen LogP contribution in [0.25, 0.3) is 5.69 Å². The smallest absolute Gasteiger partial charge is 0.0714 e. The van der Waals surface area contributed by atoms with Crippen molar-refractivity contribution in [1.29, 1.82) is 0 Å². The first-order valence-electron chi connectivity index (χ1n) is 7.27. The lowest BCUT2D eigenvalue weighted by molar-refractivity contribution is 0.107. The van der Waals surface area contributed by atoms with E-state index in [1.54, 1.807) is 7.11 Å². The number of nitrogens with zero attached hydrogens (tertiary/aromatic N) is 3. The van der Waals surface area contributed by atoms with Gasteiger partial charge in [-0.15, -0.1) is 0 Å². The van der Waals surface area contributed by atoms with E-state index in [4.69, 9.17) is 4.74 Å². The van der Waals surface area contributed by atoms with E-state index in [0.29, 0.717) is 0 Å². The molecule has 0 spiro atoms. The summed E-state index contributed by atoms with van der Waals surface area (Å²) in [5.74, 6) is 0. The zero-order valence-corrected chi connectivity index (χ0v) is 12.2. The summed E-state index contributed by atoms with van der Waals surface area (Å²) < 4.78 is 7.29. The van der Waals surface area contributed by atoms with Gasteiger partial charge in [-0.2, -0.15) is 5.10 Å². The van der Waals surface area contributed by atoms with Gasteiger partial charge in [-0.3, -0.25) is 4.90 Å². The Kier molecular flexibility index (Phi) is 4.34. The Bertz CT molecular complexity index is 570. The van der Waals surface area contributed by atoms with Crippen LogP contribution in [0.1, 0.15) is 12.0 Å². The van der Waals surface area contributed by atoms with E-state index in [1.807, 2.05) is 47.4 Å². The number of aromatic nitrogens is 2. The van der Waals surface area contributed by atoms with E-state index < -0.39 is 0 Å². The normalized spacial score (nSPS) is 22.8. The van der Waals surface area contributed by atoms with Gasteiger partial charge in [0.1, 0.15) is 0 Å². The predicted octanol–water partition coefficient (Wildman–Crippen LogP) is 1.45. The number of ether oxygens (including phenoxy) is 1. The summed E-state index contributed by atoms with van der Waals surface area (Å²) in [5, 5.41) is 13.9. The maximum absolute atomic E-state index is 9.49. The summed E-state index contributed by atoms with van der Waals surface area (Å²) in [6.07, 6.45) is 5.04. The molecule has 0 radical (unpaired) electrons. The van der Waals surface area contributed by atoms with Crippen LogP contribution in [0.15, 0.2) is 42.7 Å². The Morgan fingerprint density at radius 3 is 2.86 bits per heavy atom. The van der Waals surface area contributed by atoms with Crippen molar-refractivity contribution in [1.82, 2.24) is 14.7 Å². The van der Waals surface area contributed by atoms with Crippen LogP contribution in [-0.2, 0) is 11.3 Å². The van der Waals surface area contributed by atoms with Gasteiger partial charge in [0.2, 0.25) is 0 Å². The molecule has 3 rings (SSSR count). The molecule has 2 heterocycles. The Morgan fingerprint density at radius 2 is 2.14 bits per heavy atom. The number of rotatable bonds is 5. The van der Waals surface area contributed by atoms with Crippen LogP contribution in [0.4, 0.5) is 0 Å². The largest absolute Gasteiger partial charge is 0.395 e. The van der Waals surface area contributed by atoms with Crippen molar-refractivity contribution >= 4 is 0 Å². The van der Waals surface area contributed by atoms with Crippen molar-refractivity contribution in [2.24, 2.45) is 0 Å². The number of hydrogen-bond acceptors (Lipinski definition) is 4. The fraction of sp³-hybridized carbons (Fsp3) is 0.438. The van der Waals surface area contributed by atoms with E-state index in [1.165, 1.54) is 0 Å². The van der Waals surface area contributed by atoms with Crippen LogP contribution in [-0.4, -0.2) is 52.2 Å². The summed E-state index contributed by atoms with van der Waals surface area (Å²) in [6, 6.07) is 10.2. The van der Waals surface area contributed by atoms with Crippen molar-refractivity contribution in [2.75, 3.05) is 20.3 Å². The number of aliphatic hydroxyl groups is 1. The van der Waals surface area contributed by atoms with Crippen LogP contribution in [0.2, 0.25) is 0 Å².